The molecule has 1 aliphatic rings. The van der Waals surface area contributed by atoms with E-state index >= 15 is 0 Å². The van der Waals surface area contributed by atoms with Gasteiger partial charge in [-0.1, -0.05) is 6.07 Å². The molecule has 7 nitrogen and oxygen atoms in total. The number of likely N-dealkylation sites (N-methyl/N-ethyl adjacent to an activating group) is 1. The Morgan fingerprint density at radius 3 is 2.41 bits per heavy atom. The molecule has 150 valence electrons. The first-order valence-electron chi connectivity index (χ1n) is 8.82. The van der Waals surface area contributed by atoms with Crippen LogP contribution in [0.15, 0.2) is 52.4 Å². The fourth-order valence-electron chi connectivity index (χ4n) is 2.75. The molecule has 0 radical (unpaired) electrons. The SMILES string of the molecule is CCN1C(=O)C(=Cc2ccc(OC)c(OC)c2)SC1=Nc1ccc(C(=O)O)cc1. The number of nitrogens with zero attached hydrogens (tertiary/aromatic N) is 2. The Morgan fingerprint density at radius 1 is 1.14 bits per heavy atom. The van der Waals surface area contributed by atoms with Gasteiger partial charge in [-0.15, -0.1) is 0 Å². The molecule has 1 heterocycles. The number of carboxylic acid groups (broad SMARTS) is 1. The molecule has 1 saturated heterocycles. The van der Waals surface area contributed by atoms with Gasteiger partial charge in [0.2, 0.25) is 0 Å². The van der Waals surface area contributed by atoms with Gasteiger partial charge in [0, 0.05) is 6.54 Å². The van der Waals surface area contributed by atoms with Crippen LogP contribution in [0.3, 0.4) is 0 Å². The third kappa shape index (κ3) is 4.43. The molecule has 1 fully saturated rings. The van der Waals surface area contributed by atoms with Crippen molar-refractivity contribution in [1.82, 2.24) is 4.90 Å². The smallest absolute Gasteiger partial charge is 0.335 e. The average Bonchev–Trinajstić information content (AvgIpc) is 3.02. The van der Waals surface area contributed by atoms with Gasteiger partial charge in [-0.2, -0.15) is 0 Å². The minimum atomic E-state index is -0.995. The molecule has 1 amide bonds. The monoisotopic (exact) mass is 412 g/mol. The van der Waals surface area contributed by atoms with E-state index in [1.54, 1.807) is 49.5 Å². The molecule has 0 aliphatic carbocycles. The number of aromatic carboxylic acids is 1. The van der Waals surface area contributed by atoms with Crippen LogP contribution >= 0.6 is 11.8 Å². The molecule has 0 saturated carbocycles. The number of amides is 1. The van der Waals surface area contributed by atoms with Gasteiger partial charge in [0.05, 0.1) is 30.4 Å². The second kappa shape index (κ2) is 8.83. The maximum atomic E-state index is 12.8. The molecule has 0 unspecified atom stereocenters. The summed E-state index contributed by atoms with van der Waals surface area (Å²) in [7, 11) is 3.13. The Hall–Kier alpha value is -3.26. The normalized spacial score (nSPS) is 16.5. The highest BCUT2D eigenvalue weighted by Crippen LogP contribution is 2.35. The number of benzene rings is 2. The van der Waals surface area contributed by atoms with Crippen molar-refractivity contribution < 1.29 is 24.2 Å². The minimum Gasteiger partial charge on any atom is -0.493 e. The molecular formula is C21H20N2O5S. The number of carbonyl (C=O) groups excluding carboxylic acids is 1. The second-order valence-corrected chi connectivity index (χ2v) is 7.03. The highest BCUT2D eigenvalue weighted by atomic mass is 32.2. The van der Waals surface area contributed by atoms with Gasteiger partial charge >= 0.3 is 5.97 Å². The summed E-state index contributed by atoms with van der Waals surface area (Å²) in [5.74, 6) is 0.0671. The quantitative estimate of drug-likeness (QED) is 0.721. The Balaban J connectivity index is 1.90. The van der Waals surface area contributed by atoms with E-state index in [1.165, 1.54) is 23.9 Å². The van der Waals surface area contributed by atoms with Gasteiger partial charge in [0.1, 0.15) is 0 Å². The summed E-state index contributed by atoms with van der Waals surface area (Å²) < 4.78 is 10.6. The largest absolute Gasteiger partial charge is 0.493 e. The summed E-state index contributed by atoms with van der Waals surface area (Å²) in [5.41, 5.74) is 1.57. The Labute approximate surface area is 172 Å². The fraction of sp³-hybridized carbons (Fsp3) is 0.190. The minimum absolute atomic E-state index is 0.131. The van der Waals surface area contributed by atoms with Crippen LogP contribution in [0, 0.1) is 0 Å². The van der Waals surface area contributed by atoms with E-state index in [0.29, 0.717) is 33.8 Å². The molecule has 2 aromatic rings. The maximum absolute atomic E-state index is 12.8. The Morgan fingerprint density at radius 2 is 1.83 bits per heavy atom. The second-order valence-electron chi connectivity index (χ2n) is 6.02. The van der Waals surface area contributed by atoms with Crippen LogP contribution in [-0.4, -0.2) is 47.8 Å². The lowest BCUT2D eigenvalue weighted by Gasteiger charge is -2.12. The number of carbonyl (C=O) groups is 2. The van der Waals surface area contributed by atoms with E-state index in [4.69, 9.17) is 14.6 Å². The van der Waals surface area contributed by atoms with Gasteiger partial charge in [-0.25, -0.2) is 9.79 Å². The molecule has 1 N–H and O–H groups in total. The third-order valence-electron chi connectivity index (χ3n) is 4.25. The van der Waals surface area contributed by atoms with Gasteiger partial charge in [0.25, 0.3) is 5.91 Å². The molecule has 0 spiro atoms. The lowest BCUT2D eigenvalue weighted by atomic mass is 10.2. The highest BCUT2D eigenvalue weighted by molar-refractivity contribution is 8.18. The number of rotatable bonds is 6. The molecule has 3 rings (SSSR count). The molecule has 0 aromatic heterocycles. The summed E-state index contributed by atoms with van der Waals surface area (Å²) in [6.07, 6.45) is 1.79. The van der Waals surface area contributed by atoms with Crippen LogP contribution in [0.4, 0.5) is 5.69 Å². The van der Waals surface area contributed by atoms with Gasteiger partial charge in [-0.05, 0) is 66.7 Å². The average molecular weight is 412 g/mol. The summed E-state index contributed by atoms with van der Waals surface area (Å²) in [4.78, 5) is 30.4. The molecule has 0 bridgehead atoms. The number of ether oxygens (including phenoxy) is 2. The zero-order valence-corrected chi connectivity index (χ0v) is 17.0. The van der Waals surface area contributed by atoms with E-state index in [2.05, 4.69) is 4.99 Å². The van der Waals surface area contributed by atoms with Crippen molar-refractivity contribution in [3.8, 4) is 11.5 Å². The Bertz CT molecular complexity index is 999. The standard InChI is InChI=1S/C21H20N2O5S/c1-4-23-19(24)18(12-13-5-10-16(27-2)17(11-13)28-3)29-21(23)22-15-8-6-14(7-9-15)20(25)26/h5-12H,4H2,1-3H3,(H,25,26). The van der Waals surface area contributed by atoms with Crippen molar-refractivity contribution in [1.29, 1.82) is 0 Å². The molecule has 29 heavy (non-hydrogen) atoms. The number of thioether (sulfide) groups is 1. The van der Waals surface area contributed by atoms with Crippen LogP contribution in [0.1, 0.15) is 22.8 Å². The number of carboxylic acids is 1. The van der Waals surface area contributed by atoms with E-state index in [-0.39, 0.29) is 11.5 Å². The molecule has 1 aliphatic heterocycles. The number of amidine groups is 1. The zero-order valence-electron chi connectivity index (χ0n) is 16.2. The number of hydrogen-bond donors (Lipinski definition) is 1. The van der Waals surface area contributed by atoms with Crippen LogP contribution < -0.4 is 9.47 Å². The van der Waals surface area contributed by atoms with E-state index in [9.17, 15) is 9.59 Å². The number of methoxy groups -OCH3 is 2. The van der Waals surface area contributed by atoms with Crippen molar-refractivity contribution in [2.45, 2.75) is 6.92 Å². The first kappa shape index (κ1) is 20.5. The first-order chi connectivity index (χ1) is 14.0. The first-order valence-corrected chi connectivity index (χ1v) is 9.64. The van der Waals surface area contributed by atoms with Crippen molar-refractivity contribution in [2.75, 3.05) is 20.8 Å². The third-order valence-corrected chi connectivity index (χ3v) is 5.26. The lowest BCUT2D eigenvalue weighted by Crippen LogP contribution is -2.28. The van der Waals surface area contributed by atoms with Crippen LogP contribution in [0.2, 0.25) is 0 Å². The molecule has 0 atom stereocenters. The topological polar surface area (TPSA) is 88.4 Å². The van der Waals surface area contributed by atoms with Gasteiger partial charge in [-0.3, -0.25) is 9.69 Å². The molecule has 2 aromatic carbocycles. The fourth-order valence-corrected chi connectivity index (χ4v) is 3.82. The van der Waals surface area contributed by atoms with Crippen molar-refractivity contribution in [3.05, 3.63) is 58.5 Å². The molecule has 8 heteroatoms. The van der Waals surface area contributed by atoms with Crippen LogP contribution in [0.25, 0.3) is 6.08 Å². The van der Waals surface area contributed by atoms with Gasteiger partial charge < -0.3 is 14.6 Å². The zero-order chi connectivity index (χ0) is 21.0. The predicted octanol–water partition coefficient (Wildman–Crippen LogP) is 4.03. The van der Waals surface area contributed by atoms with Crippen molar-refractivity contribution in [2.24, 2.45) is 4.99 Å². The summed E-state index contributed by atoms with van der Waals surface area (Å²) in [6, 6.07) is 11.6. The van der Waals surface area contributed by atoms with Gasteiger partial charge in [0.15, 0.2) is 16.7 Å². The van der Waals surface area contributed by atoms with E-state index in [1.807, 2.05) is 13.0 Å². The Kier molecular flexibility index (Phi) is 6.23. The summed E-state index contributed by atoms with van der Waals surface area (Å²) >= 11 is 1.27. The lowest BCUT2D eigenvalue weighted by molar-refractivity contribution is -0.122. The summed E-state index contributed by atoms with van der Waals surface area (Å²) in [6.45, 7) is 2.35. The highest BCUT2D eigenvalue weighted by Gasteiger charge is 2.32. The van der Waals surface area contributed by atoms with Crippen molar-refractivity contribution >= 4 is 40.6 Å². The van der Waals surface area contributed by atoms with E-state index in [0.717, 1.165) is 5.56 Å². The summed E-state index contributed by atoms with van der Waals surface area (Å²) in [5, 5.41) is 9.55. The van der Waals surface area contributed by atoms with Crippen molar-refractivity contribution in [3.63, 3.8) is 0 Å². The molecular weight excluding hydrogens is 392 g/mol. The number of aliphatic imine (C=N–C) groups is 1. The maximum Gasteiger partial charge on any atom is 0.335 e. The van der Waals surface area contributed by atoms with Crippen LogP contribution in [0.5, 0.6) is 11.5 Å². The van der Waals surface area contributed by atoms with Crippen LogP contribution in [-0.2, 0) is 4.79 Å². The van der Waals surface area contributed by atoms with E-state index < -0.39 is 5.97 Å². The predicted molar refractivity (Wildman–Crippen MR) is 113 cm³/mol. The number of hydrogen-bond acceptors (Lipinski definition) is 6.